The Hall–Kier alpha value is -0.830. The van der Waals surface area contributed by atoms with Crippen LogP contribution in [0.1, 0.15) is 44.6 Å². The van der Waals surface area contributed by atoms with Crippen molar-refractivity contribution in [1.82, 2.24) is 15.1 Å². The Morgan fingerprint density at radius 2 is 2.32 bits per heavy atom. The van der Waals surface area contributed by atoms with Gasteiger partial charge in [-0.15, -0.1) is 0 Å². The number of nitrogens with zero attached hydrogens (tertiary/aromatic N) is 2. The molecule has 2 aliphatic rings. The van der Waals surface area contributed by atoms with Gasteiger partial charge in [0.2, 0.25) is 0 Å². The van der Waals surface area contributed by atoms with Crippen LogP contribution in [0.3, 0.4) is 0 Å². The molecule has 0 radical (unpaired) electrons. The van der Waals surface area contributed by atoms with Crippen LogP contribution < -0.4 is 5.32 Å². The molecule has 1 N–H and O–H groups in total. The van der Waals surface area contributed by atoms with Gasteiger partial charge in [-0.2, -0.15) is 5.10 Å². The standard InChI is InChI=1S/C16H27N3/c1-3-19-11-13(10-18-19)8-16(17-2)9-15-7-12-4-5-14(15)6-12/h10-12,14-17H,3-9H2,1-2H3. The summed E-state index contributed by atoms with van der Waals surface area (Å²) in [5, 5.41) is 7.91. The highest BCUT2D eigenvalue weighted by Gasteiger charge is 2.39. The molecular formula is C16H27N3. The minimum Gasteiger partial charge on any atom is -0.317 e. The van der Waals surface area contributed by atoms with Gasteiger partial charge >= 0.3 is 0 Å². The highest BCUT2D eigenvalue weighted by molar-refractivity contribution is 5.06. The van der Waals surface area contributed by atoms with Crippen molar-refractivity contribution in [3.8, 4) is 0 Å². The molecule has 0 aliphatic heterocycles. The van der Waals surface area contributed by atoms with Crippen LogP contribution in [0, 0.1) is 17.8 Å². The van der Waals surface area contributed by atoms with Crippen LogP contribution in [0.2, 0.25) is 0 Å². The van der Waals surface area contributed by atoms with Gasteiger partial charge in [-0.1, -0.05) is 6.42 Å². The quantitative estimate of drug-likeness (QED) is 0.853. The molecule has 3 nitrogen and oxygen atoms in total. The number of fused-ring (bicyclic) bond motifs is 2. The van der Waals surface area contributed by atoms with Crippen molar-refractivity contribution in [1.29, 1.82) is 0 Å². The number of nitrogens with one attached hydrogen (secondary N) is 1. The molecule has 4 unspecified atom stereocenters. The van der Waals surface area contributed by atoms with Gasteiger partial charge in [0.1, 0.15) is 0 Å². The van der Waals surface area contributed by atoms with Gasteiger partial charge in [0.25, 0.3) is 0 Å². The molecule has 19 heavy (non-hydrogen) atoms. The Kier molecular flexibility index (Phi) is 3.92. The molecule has 4 atom stereocenters. The van der Waals surface area contributed by atoms with E-state index < -0.39 is 0 Å². The van der Waals surface area contributed by atoms with Crippen LogP contribution in [-0.4, -0.2) is 22.9 Å². The number of likely N-dealkylation sites (N-methyl/N-ethyl adjacent to an activating group) is 1. The lowest BCUT2D eigenvalue weighted by Gasteiger charge is -2.26. The minimum atomic E-state index is 0.624. The fourth-order valence-corrected chi connectivity index (χ4v) is 4.30. The third kappa shape index (κ3) is 2.86. The summed E-state index contributed by atoms with van der Waals surface area (Å²) in [6.07, 6.45) is 12.7. The zero-order valence-electron chi connectivity index (χ0n) is 12.3. The summed E-state index contributed by atoms with van der Waals surface area (Å²) in [6.45, 7) is 3.11. The fraction of sp³-hybridized carbons (Fsp3) is 0.812. The first-order valence-electron chi connectivity index (χ1n) is 7.97. The summed E-state index contributed by atoms with van der Waals surface area (Å²) in [5.41, 5.74) is 1.38. The lowest BCUT2D eigenvalue weighted by molar-refractivity contribution is 0.281. The second-order valence-corrected chi connectivity index (χ2v) is 6.56. The third-order valence-electron chi connectivity index (χ3n) is 5.37. The summed E-state index contributed by atoms with van der Waals surface area (Å²) in [7, 11) is 2.11. The van der Waals surface area contributed by atoms with Crippen LogP contribution in [-0.2, 0) is 13.0 Å². The smallest absolute Gasteiger partial charge is 0.0522 e. The predicted molar refractivity (Wildman–Crippen MR) is 78.0 cm³/mol. The topological polar surface area (TPSA) is 29.9 Å². The molecule has 0 aromatic carbocycles. The van der Waals surface area contributed by atoms with Crippen LogP contribution in [0.15, 0.2) is 12.4 Å². The molecule has 1 heterocycles. The fourth-order valence-electron chi connectivity index (χ4n) is 4.30. The summed E-state index contributed by atoms with van der Waals surface area (Å²) in [6, 6.07) is 0.624. The molecule has 106 valence electrons. The molecule has 1 aromatic heterocycles. The van der Waals surface area contributed by atoms with Crippen molar-refractivity contribution < 1.29 is 0 Å². The maximum absolute atomic E-state index is 4.38. The largest absolute Gasteiger partial charge is 0.317 e. The van der Waals surface area contributed by atoms with Gasteiger partial charge in [0.05, 0.1) is 6.20 Å². The summed E-state index contributed by atoms with van der Waals surface area (Å²) in [4.78, 5) is 0. The Labute approximate surface area is 116 Å². The van der Waals surface area contributed by atoms with E-state index in [0.29, 0.717) is 6.04 Å². The van der Waals surface area contributed by atoms with E-state index >= 15 is 0 Å². The summed E-state index contributed by atoms with van der Waals surface area (Å²) < 4.78 is 2.03. The molecule has 1 aromatic rings. The first kappa shape index (κ1) is 13.2. The highest BCUT2D eigenvalue weighted by Crippen LogP contribution is 2.49. The van der Waals surface area contributed by atoms with E-state index in [2.05, 4.69) is 30.6 Å². The maximum atomic E-state index is 4.38. The molecule has 3 heteroatoms. The van der Waals surface area contributed by atoms with Crippen LogP contribution >= 0.6 is 0 Å². The van der Waals surface area contributed by atoms with E-state index in [9.17, 15) is 0 Å². The Morgan fingerprint density at radius 3 is 2.89 bits per heavy atom. The third-order valence-corrected chi connectivity index (χ3v) is 5.37. The van der Waals surface area contributed by atoms with Gasteiger partial charge < -0.3 is 5.32 Å². The number of hydrogen-bond acceptors (Lipinski definition) is 2. The second-order valence-electron chi connectivity index (χ2n) is 6.56. The average molecular weight is 261 g/mol. The van der Waals surface area contributed by atoms with E-state index in [0.717, 1.165) is 30.7 Å². The Morgan fingerprint density at radius 1 is 1.42 bits per heavy atom. The van der Waals surface area contributed by atoms with Crippen molar-refractivity contribution in [3.05, 3.63) is 18.0 Å². The summed E-state index contributed by atoms with van der Waals surface area (Å²) in [5.74, 6) is 3.09. The lowest BCUT2D eigenvalue weighted by atomic mass is 9.83. The molecule has 2 saturated carbocycles. The highest BCUT2D eigenvalue weighted by atomic mass is 15.3. The van der Waals surface area contributed by atoms with E-state index in [1.807, 2.05) is 10.9 Å². The van der Waals surface area contributed by atoms with Gasteiger partial charge in [-0.05, 0) is 69.4 Å². The van der Waals surface area contributed by atoms with Gasteiger partial charge in [0.15, 0.2) is 0 Å². The van der Waals surface area contributed by atoms with Crippen molar-refractivity contribution >= 4 is 0 Å². The predicted octanol–water partition coefficient (Wildman–Crippen LogP) is 2.86. The van der Waals surface area contributed by atoms with E-state index in [-0.39, 0.29) is 0 Å². The molecule has 2 aliphatic carbocycles. The van der Waals surface area contributed by atoms with Gasteiger partial charge in [-0.3, -0.25) is 4.68 Å². The van der Waals surface area contributed by atoms with E-state index in [4.69, 9.17) is 0 Å². The maximum Gasteiger partial charge on any atom is 0.0522 e. The van der Waals surface area contributed by atoms with Gasteiger partial charge in [0, 0.05) is 18.8 Å². The molecular weight excluding hydrogens is 234 g/mol. The Bertz CT molecular complexity index is 412. The molecule has 2 fully saturated rings. The van der Waals surface area contributed by atoms with Crippen molar-refractivity contribution in [2.24, 2.45) is 17.8 Å². The number of hydrogen-bond donors (Lipinski definition) is 1. The van der Waals surface area contributed by atoms with E-state index in [1.54, 1.807) is 0 Å². The summed E-state index contributed by atoms with van der Waals surface area (Å²) >= 11 is 0. The first-order chi connectivity index (χ1) is 9.28. The van der Waals surface area contributed by atoms with Crippen LogP contribution in [0.4, 0.5) is 0 Å². The zero-order chi connectivity index (χ0) is 13.2. The van der Waals surface area contributed by atoms with E-state index in [1.165, 1.54) is 37.7 Å². The SMILES string of the molecule is CCn1cc(CC(CC2CC3CCC2C3)NC)cn1. The number of rotatable bonds is 6. The second kappa shape index (κ2) is 5.66. The average Bonchev–Trinajstić information content (AvgIpc) is 3.13. The molecule has 3 rings (SSSR count). The van der Waals surface area contributed by atoms with Gasteiger partial charge in [-0.25, -0.2) is 0 Å². The normalized spacial score (nSPS) is 30.9. The van der Waals surface area contributed by atoms with Crippen molar-refractivity contribution in [2.75, 3.05) is 7.05 Å². The molecule has 0 spiro atoms. The molecule has 0 saturated heterocycles. The van der Waals surface area contributed by atoms with Crippen molar-refractivity contribution in [3.63, 3.8) is 0 Å². The number of aryl methyl sites for hydroxylation is 1. The van der Waals surface area contributed by atoms with Crippen molar-refractivity contribution in [2.45, 2.75) is 58.0 Å². The molecule has 0 amide bonds. The van der Waals surface area contributed by atoms with Crippen LogP contribution in [0.25, 0.3) is 0 Å². The lowest BCUT2D eigenvalue weighted by Crippen LogP contribution is -2.31. The minimum absolute atomic E-state index is 0.624. The van der Waals surface area contributed by atoms with Crippen LogP contribution in [0.5, 0.6) is 0 Å². The molecule has 2 bridgehead atoms. The Balaban J connectivity index is 1.55. The monoisotopic (exact) mass is 261 g/mol. The first-order valence-corrected chi connectivity index (χ1v) is 7.97. The zero-order valence-corrected chi connectivity index (χ0v) is 12.3. The number of aromatic nitrogens is 2.